The van der Waals surface area contributed by atoms with Crippen molar-refractivity contribution >= 4 is 15.9 Å². The third-order valence-electron chi connectivity index (χ3n) is 4.14. The van der Waals surface area contributed by atoms with E-state index in [-0.39, 0.29) is 23.0 Å². The highest BCUT2D eigenvalue weighted by Gasteiger charge is 2.20. The summed E-state index contributed by atoms with van der Waals surface area (Å²) in [4.78, 5) is 12.4. The monoisotopic (exact) mass is 436 g/mol. The maximum Gasteiger partial charge on any atom is 0.255 e. The predicted molar refractivity (Wildman–Crippen MR) is 114 cm³/mol. The Morgan fingerprint density at radius 2 is 1.67 bits per heavy atom. The van der Waals surface area contributed by atoms with Gasteiger partial charge < -0.3 is 19.5 Å². The van der Waals surface area contributed by atoms with Crippen molar-refractivity contribution in [3.05, 3.63) is 47.5 Å². The van der Waals surface area contributed by atoms with Crippen molar-refractivity contribution in [1.29, 1.82) is 0 Å². The molecule has 0 aliphatic carbocycles. The highest BCUT2D eigenvalue weighted by atomic mass is 32.2. The number of hydrogen-bond acceptors (Lipinski definition) is 6. The fourth-order valence-electron chi connectivity index (χ4n) is 2.73. The van der Waals surface area contributed by atoms with Gasteiger partial charge >= 0.3 is 0 Å². The number of carbonyl (C=O) groups excluding carboxylic acids is 1. The molecule has 164 valence electrons. The summed E-state index contributed by atoms with van der Waals surface area (Å²) in [7, 11) is -0.904. The zero-order valence-electron chi connectivity index (χ0n) is 17.8. The van der Waals surface area contributed by atoms with Gasteiger partial charge in [-0.05, 0) is 56.7 Å². The van der Waals surface area contributed by atoms with Crippen molar-refractivity contribution in [3.63, 3.8) is 0 Å². The Balaban J connectivity index is 2.25. The highest BCUT2D eigenvalue weighted by Crippen LogP contribution is 2.28. The molecular weight excluding hydrogens is 408 g/mol. The Hall–Kier alpha value is -2.78. The number of sulfonamides is 1. The second kappa shape index (κ2) is 10.3. The van der Waals surface area contributed by atoms with Gasteiger partial charge in [0, 0.05) is 12.6 Å². The van der Waals surface area contributed by atoms with Gasteiger partial charge in [-0.25, -0.2) is 13.1 Å². The van der Waals surface area contributed by atoms with Gasteiger partial charge in [-0.2, -0.15) is 0 Å². The van der Waals surface area contributed by atoms with Crippen LogP contribution in [0.5, 0.6) is 17.2 Å². The Labute approximate surface area is 177 Å². The summed E-state index contributed by atoms with van der Waals surface area (Å²) in [6.07, 6.45) is 0. The SMILES string of the molecule is CCOc1cc(CNS(=O)(=O)c2ccc(OC)c(C(=O)NC(C)C)c2)ccc1OC. The number of nitrogens with one attached hydrogen (secondary N) is 2. The van der Waals surface area contributed by atoms with E-state index in [0.29, 0.717) is 29.4 Å². The molecule has 0 radical (unpaired) electrons. The topological polar surface area (TPSA) is 103 Å². The normalized spacial score (nSPS) is 11.3. The summed E-state index contributed by atoms with van der Waals surface area (Å²) in [5, 5.41) is 2.74. The first-order valence-corrected chi connectivity index (χ1v) is 11.0. The third kappa shape index (κ3) is 5.87. The van der Waals surface area contributed by atoms with Crippen LogP contribution < -0.4 is 24.2 Å². The number of ether oxygens (including phenoxy) is 3. The van der Waals surface area contributed by atoms with Gasteiger partial charge in [0.2, 0.25) is 10.0 Å². The van der Waals surface area contributed by atoms with Crippen molar-refractivity contribution in [1.82, 2.24) is 10.0 Å². The molecule has 2 aromatic rings. The lowest BCUT2D eigenvalue weighted by Crippen LogP contribution is -2.31. The van der Waals surface area contributed by atoms with E-state index in [1.54, 1.807) is 18.2 Å². The Kier molecular flexibility index (Phi) is 8.08. The van der Waals surface area contributed by atoms with E-state index in [2.05, 4.69) is 10.0 Å². The summed E-state index contributed by atoms with van der Waals surface area (Å²) in [6.45, 7) is 5.99. The largest absolute Gasteiger partial charge is 0.496 e. The molecule has 0 heterocycles. The van der Waals surface area contributed by atoms with Crippen LogP contribution in [0.25, 0.3) is 0 Å². The first-order valence-electron chi connectivity index (χ1n) is 9.50. The second-order valence-electron chi connectivity index (χ2n) is 6.73. The van der Waals surface area contributed by atoms with Crippen LogP contribution in [0.1, 0.15) is 36.7 Å². The lowest BCUT2D eigenvalue weighted by atomic mass is 10.2. The molecule has 0 saturated carbocycles. The smallest absolute Gasteiger partial charge is 0.255 e. The predicted octanol–water partition coefficient (Wildman–Crippen LogP) is 2.72. The van der Waals surface area contributed by atoms with E-state index in [9.17, 15) is 13.2 Å². The average Bonchev–Trinajstić information content (AvgIpc) is 2.71. The van der Waals surface area contributed by atoms with Crippen molar-refractivity contribution in [3.8, 4) is 17.2 Å². The van der Waals surface area contributed by atoms with Gasteiger partial charge in [0.05, 0.1) is 31.3 Å². The molecule has 2 N–H and O–H groups in total. The molecule has 2 rings (SSSR count). The van der Waals surface area contributed by atoms with E-state index < -0.39 is 15.9 Å². The molecular formula is C21H28N2O6S. The van der Waals surface area contributed by atoms with Gasteiger partial charge in [0.1, 0.15) is 5.75 Å². The minimum absolute atomic E-state index is 0.0317. The molecule has 8 nitrogen and oxygen atoms in total. The summed E-state index contributed by atoms with van der Waals surface area (Å²) in [5.41, 5.74) is 0.853. The summed E-state index contributed by atoms with van der Waals surface area (Å²) >= 11 is 0. The van der Waals surface area contributed by atoms with E-state index >= 15 is 0 Å². The zero-order valence-corrected chi connectivity index (χ0v) is 18.6. The molecule has 1 amide bonds. The molecule has 0 aromatic heterocycles. The van der Waals surface area contributed by atoms with E-state index in [4.69, 9.17) is 14.2 Å². The molecule has 0 bridgehead atoms. The molecule has 0 fully saturated rings. The number of benzene rings is 2. The number of amides is 1. The van der Waals surface area contributed by atoms with E-state index in [0.717, 1.165) is 0 Å². The first kappa shape index (κ1) is 23.5. The molecule has 0 aliphatic heterocycles. The van der Waals surface area contributed by atoms with Gasteiger partial charge in [0.25, 0.3) is 5.91 Å². The minimum atomic E-state index is -3.87. The number of hydrogen-bond donors (Lipinski definition) is 2. The summed E-state index contributed by atoms with van der Waals surface area (Å²) < 4.78 is 44.1. The molecule has 0 unspecified atom stereocenters. The number of rotatable bonds is 10. The molecule has 9 heteroatoms. The van der Waals surface area contributed by atoms with E-state index in [1.807, 2.05) is 20.8 Å². The summed E-state index contributed by atoms with van der Waals surface area (Å²) in [5.74, 6) is 0.993. The highest BCUT2D eigenvalue weighted by molar-refractivity contribution is 7.89. The molecule has 0 aliphatic rings. The van der Waals surface area contributed by atoms with Crippen LogP contribution in [0.4, 0.5) is 0 Å². The van der Waals surface area contributed by atoms with Gasteiger partial charge in [-0.15, -0.1) is 0 Å². The Bertz CT molecular complexity index is 989. The molecule has 30 heavy (non-hydrogen) atoms. The lowest BCUT2D eigenvalue weighted by molar-refractivity contribution is 0.0940. The van der Waals surface area contributed by atoms with Crippen LogP contribution in [0.3, 0.4) is 0 Å². The van der Waals surface area contributed by atoms with Crippen molar-refractivity contribution in [2.75, 3.05) is 20.8 Å². The van der Waals surface area contributed by atoms with E-state index in [1.165, 1.54) is 32.4 Å². The van der Waals surface area contributed by atoms with Gasteiger partial charge in [0.15, 0.2) is 11.5 Å². The molecule has 2 aromatic carbocycles. The van der Waals surface area contributed by atoms with Crippen molar-refractivity contribution in [2.24, 2.45) is 0 Å². The summed E-state index contributed by atoms with van der Waals surface area (Å²) in [6, 6.07) is 9.25. The maximum absolute atomic E-state index is 12.8. The maximum atomic E-state index is 12.8. The van der Waals surface area contributed by atoms with Crippen LogP contribution in [0.2, 0.25) is 0 Å². The minimum Gasteiger partial charge on any atom is -0.496 e. The quantitative estimate of drug-likeness (QED) is 0.594. The second-order valence-corrected chi connectivity index (χ2v) is 8.50. The van der Waals surface area contributed by atoms with Crippen LogP contribution >= 0.6 is 0 Å². The number of methoxy groups -OCH3 is 2. The average molecular weight is 437 g/mol. The van der Waals surface area contributed by atoms with Gasteiger partial charge in [-0.3, -0.25) is 4.79 Å². The first-order chi connectivity index (χ1) is 14.2. The fraction of sp³-hybridized carbons (Fsp3) is 0.381. The third-order valence-corrected chi connectivity index (χ3v) is 5.54. The molecule has 0 atom stereocenters. The van der Waals surface area contributed by atoms with Crippen LogP contribution in [-0.4, -0.2) is 41.2 Å². The molecule has 0 spiro atoms. The standard InChI is InChI=1S/C21H28N2O6S/c1-6-29-20-11-15(7-9-19(20)28-5)13-22-30(25,26)16-8-10-18(27-4)17(12-16)21(24)23-14(2)3/h7-12,14,22H,6,13H2,1-5H3,(H,23,24). The zero-order chi connectivity index (χ0) is 22.3. The Morgan fingerprint density at radius 3 is 2.27 bits per heavy atom. The Morgan fingerprint density at radius 1 is 1.00 bits per heavy atom. The number of carbonyl (C=O) groups is 1. The van der Waals surface area contributed by atoms with Crippen molar-refractivity contribution < 1.29 is 27.4 Å². The van der Waals surface area contributed by atoms with Crippen LogP contribution in [-0.2, 0) is 16.6 Å². The fourth-order valence-corrected chi connectivity index (χ4v) is 3.78. The van der Waals surface area contributed by atoms with Crippen LogP contribution in [0, 0.1) is 0 Å². The van der Waals surface area contributed by atoms with Crippen molar-refractivity contribution in [2.45, 2.75) is 38.3 Å². The van der Waals surface area contributed by atoms with Gasteiger partial charge in [-0.1, -0.05) is 6.07 Å². The lowest BCUT2D eigenvalue weighted by Gasteiger charge is -2.14. The van der Waals surface area contributed by atoms with Crippen LogP contribution in [0.15, 0.2) is 41.3 Å². The molecule has 0 saturated heterocycles.